The number of aryl methyl sites for hydroxylation is 1. The molecule has 2 aromatic rings. The first kappa shape index (κ1) is 17.1. The molecule has 1 saturated carbocycles. The van der Waals surface area contributed by atoms with Crippen molar-refractivity contribution < 1.29 is 18.7 Å². The van der Waals surface area contributed by atoms with Crippen LogP contribution in [0.1, 0.15) is 48.2 Å². The first-order valence-corrected chi connectivity index (χ1v) is 8.52. The Hall–Kier alpha value is -2.76. The zero-order valence-corrected chi connectivity index (χ0v) is 14.2. The van der Waals surface area contributed by atoms with Crippen molar-refractivity contribution in [3.63, 3.8) is 0 Å². The SMILES string of the molecule is Cc1oc(-c2cccc(OC(=O)NC3CCCCC3)c2)cc1C(N)=O. The van der Waals surface area contributed by atoms with Crippen LogP contribution in [0.3, 0.4) is 0 Å². The Morgan fingerprint density at radius 1 is 1.20 bits per heavy atom. The van der Waals surface area contributed by atoms with Gasteiger partial charge in [0.2, 0.25) is 0 Å². The molecule has 3 N–H and O–H groups in total. The lowest BCUT2D eigenvalue weighted by atomic mass is 9.96. The highest BCUT2D eigenvalue weighted by Gasteiger charge is 2.17. The number of amides is 2. The average molecular weight is 342 g/mol. The van der Waals surface area contributed by atoms with E-state index in [0.717, 1.165) is 25.7 Å². The monoisotopic (exact) mass is 342 g/mol. The fourth-order valence-corrected chi connectivity index (χ4v) is 3.13. The number of hydrogen-bond acceptors (Lipinski definition) is 4. The minimum atomic E-state index is -0.535. The maximum Gasteiger partial charge on any atom is 0.412 e. The highest BCUT2D eigenvalue weighted by atomic mass is 16.6. The zero-order valence-electron chi connectivity index (χ0n) is 14.2. The third-order valence-corrected chi connectivity index (χ3v) is 4.44. The van der Waals surface area contributed by atoms with Gasteiger partial charge in [0.15, 0.2) is 0 Å². The smallest absolute Gasteiger partial charge is 0.412 e. The Kier molecular flexibility index (Phi) is 5.07. The van der Waals surface area contributed by atoms with Gasteiger partial charge in [-0.15, -0.1) is 0 Å². The van der Waals surface area contributed by atoms with Gasteiger partial charge in [0, 0.05) is 11.6 Å². The summed E-state index contributed by atoms with van der Waals surface area (Å²) in [7, 11) is 0. The molecule has 3 rings (SSSR count). The molecule has 0 bridgehead atoms. The summed E-state index contributed by atoms with van der Waals surface area (Å²) in [5.41, 5.74) is 6.36. The number of nitrogens with one attached hydrogen (secondary N) is 1. The summed E-state index contributed by atoms with van der Waals surface area (Å²) < 4.78 is 11.0. The number of hydrogen-bond donors (Lipinski definition) is 2. The first-order valence-electron chi connectivity index (χ1n) is 8.52. The van der Waals surface area contributed by atoms with Crippen LogP contribution < -0.4 is 15.8 Å². The molecular formula is C19H22N2O4. The number of carbonyl (C=O) groups is 2. The quantitative estimate of drug-likeness (QED) is 0.884. The topological polar surface area (TPSA) is 94.6 Å². The molecule has 0 atom stereocenters. The average Bonchev–Trinajstić information content (AvgIpc) is 2.98. The number of rotatable bonds is 4. The molecule has 0 spiro atoms. The van der Waals surface area contributed by atoms with Crippen LogP contribution in [0.5, 0.6) is 5.75 Å². The van der Waals surface area contributed by atoms with Crippen molar-refractivity contribution in [1.29, 1.82) is 0 Å². The fourth-order valence-electron chi connectivity index (χ4n) is 3.13. The molecule has 0 saturated heterocycles. The Balaban J connectivity index is 1.69. The van der Waals surface area contributed by atoms with Gasteiger partial charge < -0.3 is 20.2 Å². The van der Waals surface area contributed by atoms with E-state index in [1.165, 1.54) is 6.42 Å². The van der Waals surface area contributed by atoms with E-state index >= 15 is 0 Å². The Labute approximate surface area is 146 Å². The van der Waals surface area contributed by atoms with Crippen LogP contribution in [-0.4, -0.2) is 18.0 Å². The fraction of sp³-hybridized carbons (Fsp3) is 0.368. The van der Waals surface area contributed by atoms with Crippen molar-refractivity contribution in [3.05, 3.63) is 41.7 Å². The second-order valence-electron chi connectivity index (χ2n) is 6.34. The summed E-state index contributed by atoms with van der Waals surface area (Å²) in [5.74, 6) is 0.848. The Morgan fingerprint density at radius 2 is 1.96 bits per heavy atom. The summed E-state index contributed by atoms with van der Waals surface area (Å²) in [4.78, 5) is 23.4. The molecule has 6 heteroatoms. The summed E-state index contributed by atoms with van der Waals surface area (Å²) >= 11 is 0. The predicted molar refractivity (Wildman–Crippen MR) is 93.4 cm³/mol. The third-order valence-electron chi connectivity index (χ3n) is 4.44. The molecular weight excluding hydrogens is 320 g/mol. The van der Waals surface area contributed by atoms with E-state index in [2.05, 4.69) is 5.32 Å². The molecule has 1 heterocycles. The largest absolute Gasteiger partial charge is 0.461 e. The van der Waals surface area contributed by atoms with Gasteiger partial charge in [-0.25, -0.2) is 4.79 Å². The number of primary amides is 1. The predicted octanol–water partition coefficient (Wildman–Crippen LogP) is 3.78. The van der Waals surface area contributed by atoms with Gasteiger partial charge in [-0.3, -0.25) is 4.79 Å². The Bertz CT molecular complexity index is 775. The lowest BCUT2D eigenvalue weighted by Crippen LogP contribution is -2.37. The number of furan rings is 1. The molecule has 1 aromatic heterocycles. The van der Waals surface area contributed by atoms with Crippen molar-refractivity contribution in [3.8, 4) is 17.1 Å². The molecule has 1 aromatic carbocycles. The number of ether oxygens (including phenoxy) is 1. The maximum absolute atomic E-state index is 12.1. The molecule has 1 aliphatic carbocycles. The van der Waals surface area contributed by atoms with Crippen molar-refractivity contribution in [2.45, 2.75) is 45.1 Å². The van der Waals surface area contributed by atoms with Crippen LogP contribution in [0.4, 0.5) is 4.79 Å². The molecule has 25 heavy (non-hydrogen) atoms. The van der Waals surface area contributed by atoms with Gasteiger partial charge in [-0.05, 0) is 38.0 Å². The van der Waals surface area contributed by atoms with Crippen molar-refractivity contribution in [2.75, 3.05) is 0 Å². The van der Waals surface area contributed by atoms with Crippen LogP contribution >= 0.6 is 0 Å². The van der Waals surface area contributed by atoms with Crippen LogP contribution in [0.25, 0.3) is 11.3 Å². The molecule has 1 aliphatic rings. The Morgan fingerprint density at radius 3 is 2.64 bits per heavy atom. The van der Waals surface area contributed by atoms with Crippen LogP contribution in [0, 0.1) is 6.92 Å². The minimum Gasteiger partial charge on any atom is -0.461 e. The number of benzene rings is 1. The van der Waals surface area contributed by atoms with Gasteiger partial charge in [-0.1, -0.05) is 31.4 Å². The highest BCUT2D eigenvalue weighted by Crippen LogP contribution is 2.28. The van der Waals surface area contributed by atoms with Gasteiger partial charge in [0.1, 0.15) is 17.3 Å². The summed E-state index contributed by atoms with van der Waals surface area (Å²) in [5, 5.41) is 2.91. The number of carbonyl (C=O) groups excluding carboxylic acids is 2. The molecule has 0 aliphatic heterocycles. The summed E-state index contributed by atoms with van der Waals surface area (Å²) in [6, 6.07) is 8.77. The lowest BCUT2D eigenvalue weighted by Gasteiger charge is -2.22. The van der Waals surface area contributed by atoms with Gasteiger partial charge in [0.25, 0.3) is 5.91 Å². The van der Waals surface area contributed by atoms with Gasteiger partial charge >= 0.3 is 6.09 Å². The lowest BCUT2D eigenvalue weighted by molar-refractivity contribution is 0.0999. The molecule has 132 valence electrons. The molecule has 1 fully saturated rings. The zero-order chi connectivity index (χ0) is 17.8. The normalized spacial score (nSPS) is 14.9. The van der Waals surface area contributed by atoms with Crippen LogP contribution in [0.15, 0.2) is 34.7 Å². The van der Waals surface area contributed by atoms with E-state index in [0.29, 0.717) is 28.4 Å². The molecule has 0 unspecified atom stereocenters. The third kappa shape index (κ3) is 4.21. The van der Waals surface area contributed by atoms with Crippen molar-refractivity contribution in [1.82, 2.24) is 5.32 Å². The second kappa shape index (κ2) is 7.42. The van der Waals surface area contributed by atoms with Crippen molar-refractivity contribution in [2.24, 2.45) is 5.73 Å². The van der Waals surface area contributed by atoms with E-state index in [9.17, 15) is 9.59 Å². The summed E-state index contributed by atoms with van der Waals surface area (Å²) in [6.45, 7) is 1.68. The van der Waals surface area contributed by atoms with E-state index in [-0.39, 0.29) is 6.04 Å². The van der Waals surface area contributed by atoms with Gasteiger partial charge in [0.05, 0.1) is 5.56 Å². The van der Waals surface area contributed by atoms with Crippen molar-refractivity contribution >= 4 is 12.0 Å². The summed E-state index contributed by atoms with van der Waals surface area (Å²) in [6.07, 6.45) is 5.05. The minimum absolute atomic E-state index is 0.190. The molecule has 0 radical (unpaired) electrons. The first-order chi connectivity index (χ1) is 12.0. The highest BCUT2D eigenvalue weighted by molar-refractivity contribution is 5.95. The molecule has 2 amide bonds. The van der Waals surface area contributed by atoms with Crippen LogP contribution in [-0.2, 0) is 0 Å². The standard InChI is InChI=1S/C19H22N2O4/c1-12-16(18(20)22)11-17(24-12)13-6-5-9-15(10-13)25-19(23)21-14-7-3-2-4-8-14/h5-6,9-11,14H,2-4,7-8H2,1H3,(H2,20,22)(H,21,23). The van der Waals surface area contributed by atoms with Gasteiger partial charge in [-0.2, -0.15) is 0 Å². The van der Waals surface area contributed by atoms with Crippen LogP contribution in [0.2, 0.25) is 0 Å². The second-order valence-corrected chi connectivity index (χ2v) is 6.34. The molecule has 6 nitrogen and oxygen atoms in total. The van der Waals surface area contributed by atoms with E-state index in [4.69, 9.17) is 14.9 Å². The maximum atomic E-state index is 12.1. The van der Waals surface area contributed by atoms with E-state index in [1.807, 2.05) is 6.07 Å². The van der Waals surface area contributed by atoms with E-state index < -0.39 is 12.0 Å². The van der Waals surface area contributed by atoms with E-state index in [1.54, 1.807) is 31.2 Å². The number of nitrogens with two attached hydrogens (primary N) is 1.